The molecule has 2 atom stereocenters. The third kappa shape index (κ3) is 3.53. The van der Waals surface area contributed by atoms with E-state index in [0.29, 0.717) is 19.6 Å². The predicted molar refractivity (Wildman–Crippen MR) is 87.8 cm³/mol. The number of piperidine rings is 1. The first kappa shape index (κ1) is 16.8. The highest BCUT2D eigenvalue weighted by Gasteiger charge is 2.48. The molecule has 0 saturated carbocycles. The largest absolute Gasteiger partial charge is 0.459 e. The summed E-state index contributed by atoms with van der Waals surface area (Å²) in [6.45, 7) is 3.39. The van der Waals surface area contributed by atoms with Crippen LogP contribution in [0.4, 0.5) is 4.79 Å². The number of rotatable bonds is 7. The van der Waals surface area contributed by atoms with Crippen molar-refractivity contribution in [3.63, 3.8) is 0 Å². The fraction of sp³-hybridized carbons (Fsp3) is 0.556. The van der Waals surface area contributed by atoms with E-state index < -0.39 is 6.04 Å². The normalized spacial score (nSPS) is 22.8. The number of unbranched alkanes of at least 4 members (excludes halogenated alkanes) is 1. The number of benzene rings is 1. The Hall–Kier alpha value is -2.08. The molecule has 0 radical (unpaired) electrons. The second kappa shape index (κ2) is 7.66. The van der Waals surface area contributed by atoms with Crippen LogP contribution >= 0.6 is 0 Å². The van der Waals surface area contributed by atoms with E-state index in [0.717, 1.165) is 24.8 Å². The lowest BCUT2D eigenvalue weighted by atomic mass is 10.0. The number of fused-ring (bicyclic) bond motifs is 2. The lowest BCUT2D eigenvalue weighted by Crippen LogP contribution is -2.45. The van der Waals surface area contributed by atoms with Gasteiger partial charge in [-0.3, -0.25) is 4.84 Å². The predicted octanol–water partition coefficient (Wildman–Crippen LogP) is 2.73. The number of esters is 1. The summed E-state index contributed by atoms with van der Waals surface area (Å²) in [5.74, 6) is -0.332. The molecule has 2 amide bonds. The van der Waals surface area contributed by atoms with Gasteiger partial charge in [-0.05, 0) is 24.8 Å². The number of carbonyl (C=O) groups excluding carboxylic acids is 2. The van der Waals surface area contributed by atoms with Crippen molar-refractivity contribution < 1.29 is 19.2 Å². The molecular formula is C18H24N2O4. The quantitative estimate of drug-likeness (QED) is 0.569. The number of ether oxygens (including phenoxy) is 1. The molecule has 2 aliphatic rings. The Labute approximate surface area is 142 Å². The average Bonchev–Trinajstić information content (AvgIpc) is 2.85. The van der Waals surface area contributed by atoms with Gasteiger partial charge in [0.25, 0.3) is 0 Å². The summed E-state index contributed by atoms with van der Waals surface area (Å²) in [5, 5.41) is 1.46. The van der Waals surface area contributed by atoms with Gasteiger partial charge in [0.15, 0.2) is 0 Å². The first-order valence-electron chi connectivity index (χ1n) is 8.64. The van der Waals surface area contributed by atoms with Crippen molar-refractivity contribution in [3.8, 4) is 0 Å². The third-order valence-corrected chi connectivity index (χ3v) is 4.55. The fourth-order valence-electron chi connectivity index (χ4n) is 3.18. The van der Waals surface area contributed by atoms with Crippen LogP contribution in [0.15, 0.2) is 30.3 Å². The maximum atomic E-state index is 12.5. The Balaban J connectivity index is 1.56. The van der Waals surface area contributed by atoms with Gasteiger partial charge in [0.2, 0.25) is 0 Å². The minimum absolute atomic E-state index is 0.0486. The van der Waals surface area contributed by atoms with Gasteiger partial charge < -0.3 is 9.64 Å². The van der Waals surface area contributed by atoms with E-state index in [4.69, 9.17) is 9.57 Å². The number of hydrogen-bond acceptors (Lipinski definition) is 4. The van der Waals surface area contributed by atoms with E-state index in [2.05, 4.69) is 6.92 Å². The van der Waals surface area contributed by atoms with Gasteiger partial charge in [-0.2, -0.15) is 5.06 Å². The van der Waals surface area contributed by atoms with Crippen LogP contribution in [0.5, 0.6) is 0 Å². The highest BCUT2D eigenvalue weighted by molar-refractivity contribution is 5.85. The summed E-state index contributed by atoms with van der Waals surface area (Å²) >= 11 is 0. The van der Waals surface area contributed by atoms with E-state index >= 15 is 0 Å². The lowest BCUT2D eigenvalue weighted by molar-refractivity contribution is -0.151. The molecule has 1 aromatic carbocycles. The zero-order valence-corrected chi connectivity index (χ0v) is 14.0. The molecular weight excluding hydrogens is 308 g/mol. The SMILES string of the molecule is CCCCON1C(=O)N2C[C@H]1CC[C@H]2C(=O)OCc1ccccc1. The van der Waals surface area contributed by atoms with Gasteiger partial charge in [0.05, 0.1) is 12.6 Å². The Bertz CT molecular complexity index is 578. The maximum Gasteiger partial charge on any atom is 0.345 e. The van der Waals surface area contributed by atoms with Crippen LogP contribution in [0.3, 0.4) is 0 Å². The van der Waals surface area contributed by atoms with E-state index in [1.54, 1.807) is 4.90 Å². The molecule has 1 aromatic rings. The number of carbonyl (C=O) groups is 2. The standard InChI is InChI=1S/C18H24N2O4/c1-2-3-11-24-20-15-9-10-16(19(12-15)18(20)22)17(21)23-13-14-7-5-4-6-8-14/h4-8,15-16H,2-3,9-13H2,1H3/t15-,16+/m1/s1. The maximum absolute atomic E-state index is 12.5. The topological polar surface area (TPSA) is 59.1 Å². The summed E-state index contributed by atoms with van der Waals surface area (Å²) in [6, 6.07) is 8.89. The summed E-state index contributed by atoms with van der Waals surface area (Å²) in [6.07, 6.45) is 3.32. The molecule has 0 aliphatic carbocycles. The molecule has 6 nitrogen and oxygen atoms in total. The Morgan fingerprint density at radius 1 is 1.25 bits per heavy atom. The van der Waals surface area contributed by atoms with Crippen molar-refractivity contribution in [2.45, 2.75) is 51.3 Å². The smallest absolute Gasteiger partial charge is 0.345 e. The second-order valence-electron chi connectivity index (χ2n) is 6.29. The molecule has 24 heavy (non-hydrogen) atoms. The molecule has 0 spiro atoms. The van der Waals surface area contributed by atoms with Crippen LogP contribution in [0.1, 0.15) is 38.2 Å². The van der Waals surface area contributed by atoms with Crippen LogP contribution in [-0.4, -0.2) is 47.2 Å². The van der Waals surface area contributed by atoms with Gasteiger partial charge in [-0.1, -0.05) is 43.7 Å². The van der Waals surface area contributed by atoms with Crippen molar-refractivity contribution in [2.75, 3.05) is 13.2 Å². The monoisotopic (exact) mass is 332 g/mol. The van der Waals surface area contributed by atoms with E-state index in [1.165, 1.54) is 5.06 Å². The molecule has 2 heterocycles. The van der Waals surface area contributed by atoms with E-state index in [1.807, 2.05) is 30.3 Å². The Morgan fingerprint density at radius 3 is 2.79 bits per heavy atom. The summed E-state index contributed by atoms with van der Waals surface area (Å²) in [7, 11) is 0. The molecule has 2 saturated heterocycles. The van der Waals surface area contributed by atoms with Crippen molar-refractivity contribution in [2.24, 2.45) is 0 Å². The van der Waals surface area contributed by atoms with Crippen molar-refractivity contribution in [3.05, 3.63) is 35.9 Å². The number of hydrogen-bond donors (Lipinski definition) is 0. The fourth-order valence-corrected chi connectivity index (χ4v) is 3.18. The highest BCUT2D eigenvalue weighted by Crippen LogP contribution is 2.30. The summed E-state index contributed by atoms with van der Waals surface area (Å²) < 4.78 is 5.41. The van der Waals surface area contributed by atoms with Crippen LogP contribution in [0, 0.1) is 0 Å². The van der Waals surface area contributed by atoms with E-state index in [9.17, 15) is 9.59 Å². The van der Waals surface area contributed by atoms with Crippen molar-refractivity contribution in [1.29, 1.82) is 0 Å². The number of nitrogens with zero attached hydrogens (tertiary/aromatic N) is 2. The van der Waals surface area contributed by atoms with Crippen molar-refractivity contribution >= 4 is 12.0 Å². The minimum Gasteiger partial charge on any atom is -0.459 e. The van der Waals surface area contributed by atoms with Crippen LogP contribution in [-0.2, 0) is 21.0 Å². The first-order chi connectivity index (χ1) is 11.7. The average molecular weight is 332 g/mol. The van der Waals surface area contributed by atoms with Gasteiger partial charge >= 0.3 is 12.0 Å². The number of urea groups is 1. The first-order valence-corrected chi connectivity index (χ1v) is 8.64. The molecule has 0 unspecified atom stereocenters. The Kier molecular flexibility index (Phi) is 5.35. The van der Waals surface area contributed by atoms with Gasteiger partial charge in [0, 0.05) is 6.54 Å². The molecule has 2 aliphatic heterocycles. The molecule has 0 N–H and O–H groups in total. The Morgan fingerprint density at radius 2 is 2.04 bits per heavy atom. The lowest BCUT2D eigenvalue weighted by Gasteiger charge is -2.28. The molecule has 0 aromatic heterocycles. The molecule has 2 bridgehead atoms. The van der Waals surface area contributed by atoms with Crippen molar-refractivity contribution in [1.82, 2.24) is 9.96 Å². The second-order valence-corrected chi connectivity index (χ2v) is 6.29. The number of amides is 2. The summed E-state index contributed by atoms with van der Waals surface area (Å²) in [5.41, 5.74) is 0.941. The number of hydroxylamine groups is 2. The molecule has 2 fully saturated rings. The molecule has 3 rings (SSSR count). The van der Waals surface area contributed by atoms with Gasteiger partial charge in [-0.15, -0.1) is 0 Å². The third-order valence-electron chi connectivity index (χ3n) is 4.55. The van der Waals surface area contributed by atoms with Crippen LogP contribution < -0.4 is 0 Å². The van der Waals surface area contributed by atoms with Crippen LogP contribution in [0.2, 0.25) is 0 Å². The molecule has 6 heteroatoms. The highest BCUT2D eigenvalue weighted by atomic mass is 16.7. The zero-order chi connectivity index (χ0) is 16.9. The summed E-state index contributed by atoms with van der Waals surface area (Å²) in [4.78, 5) is 32.1. The minimum atomic E-state index is -0.503. The van der Waals surface area contributed by atoms with Crippen LogP contribution in [0.25, 0.3) is 0 Å². The zero-order valence-electron chi connectivity index (χ0n) is 14.0. The van der Waals surface area contributed by atoms with E-state index in [-0.39, 0.29) is 24.6 Å². The van der Waals surface area contributed by atoms with Gasteiger partial charge in [0.1, 0.15) is 12.6 Å². The molecule has 130 valence electrons. The van der Waals surface area contributed by atoms with Gasteiger partial charge in [-0.25, -0.2) is 9.59 Å².